The van der Waals surface area contributed by atoms with E-state index in [4.69, 9.17) is 0 Å². The molecule has 1 heterocycles. The van der Waals surface area contributed by atoms with Crippen molar-refractivity contribution in [2.75, 3.05) is 0 Å². The number of hydrazone groups is 1. The Balaban J connectivity index is 1.53. The number of nitrogens with one attached hydrogen (secondary N) is 2. The molecule has 0 atom stereocenters. The third-order valence-electron chi connectivity index (χ3n) is 3.46. The topological polar surface area (TPSA) is 57.2 Å². The molecule has 0 aliphatic rings. The summed E-state index contributed by atoms with van der Waals surface area (Å²) in [5, 5.41) is 4.99. The lowest BCUT2D eigenvalue weighted by Crippen LogP contribution is -2.19. The Morgan fingerprint density at radius 3 is 2.74 bits per heavy atom. The number of aromatic amines is 1. The fraction of sp³-hybridized carbons (Fsp3) is 0.0526. The molecular weight excluding hydrogens is 286 g/mol. The Hall–Kier alpha value is -3.14. The summed E-state index contributed by atoms with van der Waals surface area (Å²) >= 11 is 0. The molecule has 4 nitrogen and oxygen atoms in total. The molecule has 2 N–H and O–H groups in total. The third kappa shape index (κ3) is 3.95. The highest BCUT2D eigenvalue weighted by Crippen LogP contribution is 2.17. The number of rotatable bonds is 5. The van der Waals surface area contributed by atoms with Crippen LogP contribution in [0.4, 0.5) is 0 Å². The van der Waals surface area contributed by atoms with Gasteiger partial charge in [-0.3, -0.25) is 4.79 Å². The van der Waals surface area contributed by atoms with Crippen LogP contribution in [0.25, 0.3) is 17.0 Å². The Labute approximate surface area is 134 Å². The van der Waals surface area contributed by atoms with E-state index < -0.39 is 0 Å². The summed E-state index contributed by atoms with van der Waals surface area (Å²) < 4.78 is 0. The zero-order valence-corrected chi connectivity index (χ0v) is 12.6. The van der Waals surface area contributed by atoms with Gasteiger partial charge in [0.15, 0.2) is 0 Å². The van der Waals surface area contributed by atoms with E-state index in [-0.39, 0.29) is 5.91 Å². The molecule has 0 saturated heterocycles. The minimum atomic E-state index is -0.140. The van der Waals surface area contributed by atoms with Crippen LogP contribution in [0.2, 0.25) is 0 Å². The maximum absolute atomic E-state index is 11.9. The first-order valence-electron chi connectivity index (χ1n) is 7.41. The number of H-pyrrole nitrogens is 1. The van der Waals surface area contributed by atoms with Crippen LogP contribution < -0.4 is 5.43 Å². The second kappa shape index (κ2) is 7.22. The number of hydrogen-bond donors (Lipinski definition) is 2. The van der Waals surface area contributed by atoms with Gasteiger partial charge in [0.05, 0.1) is 6.42 Å². The highest BCUT2D eigenvalue weighted by molar-refractivity contribution is 5.89. The first kappa shape index (κ1) is 14.8. The summed E-state index contributed by atoms with van der Waals surface area (Å²) in [6.07, 6.45) is 7.45. The van der Waals surface area contributed by atoms with Gasteiger partial charge >= 0.3 is 0 Å². The number of amides is 1. The van der Waals surface area contributed by atoms with Gasteiger partial charge in [0.1, 0.15) is 0 Å². The van der Waals surface area contributed by atoms with Crippen molar-refractivity contribution < 1.29 is 4.79 Å². The van der Waals surface area contributed by atoms with Gasteiger partial charge in [-0.15, -0.1) is 0 Å². The molecule has 0 aliphatic heterocycles. The summed E-state index contributed by atoms with van der Waals surface area (Å²) in [5.74, 6) is -0.140. The van der Waals surface area contributed by atoms with E-state index in [0.29, 0.717) is 6.42 Å². The minimum Gasteiger partial charge on any atom is -0.361 e. The first-order chi connectivity index (χ1) is 11.3. The number of carbonyl (C=O) groups is 1. The van der Waals surface area contributed by atoms with Gasteiger partial charge in [0.25, 0.3) is 0 Å². The molecule has 3 aromatic rings. The van der Waals surface area contributed by atoms with Crippen molar-refractivity contribution in [2.45, 2.75) is 6.42 Å². The fourth-order valence-corrected chi connectivity index (χ4v) is 2.36. The maximum Gasteiger partial charge on any atom is 0.244 e. The van der Waals surface area contributed by atoms with Gasteiger partial charge in [0, 0.05) is 23.3 Å². The van der Waals surface area contributed by atoms with Crippen LogP contribution in [0.15, 0.2) is 72.0 Å². The lowest BCUT2D eigenvalue weighted by molar-refractivity contribution is -0.120. The van der Waals surface area contributed by atoms with E-state index in [2.05, 4.69) is 15.5 Å². The van der Waals surface area contributed by atoms with E-state index in [1.807, 2.05) is 66.9 Å². The van der Waals surface area contributed by atoms with Crippen LogP contribution in [0.5, 0.6) is 0 Å². The zero-order valence-electron chi connectivity index (χ0n) is 12.6. The van der Waals surface area contributed by atoms with Crippen LogP contribution in [0.1, 0.15) is 11.1 Å². The number of aromatic nitrogens is 1. The van der Waals surface area contributed by atoms with Crippen molar-refractivity contribution in [3.8, 4) is 0 Å². The summed E-state index contributed by atoms with van der Waals surface area (Å²) in [5.41, 5.74) is 5.62. The Bertz CT molecular complexity index is 847. The predicted octanol–water partition coefficient (Wildman–Crippen LogP) is 3.53. The van der Waals surface area contributed by atoms with Gasteiger partial charge in [-0.1, -0.05) is 54.6 Å². The lowest BCUT2D eigenvalue weighted by atomic mass is 10.1. The smallest absolute Gasteiger partial charge is 0.244 e. The molecule has 23 heavy (non-hydrogen) atoms. The molecule has 114 valence electrons. The molecular formula is C19H17N3O. The average Bonchev–Trinajstić information content (AvgIpc) is 2.99. The largest absolute Gasteiger partial charge is 0.361 e. The van der Waals surface area contributed by atoms with Gasteiger partial charge in [-0.2, -0.15) is 5.10 Å². The quantitative estimate of drug-likeness (QED) is 0.550. The van der Waals surface area contributed by atoms with E-state index >= 15 is 0 Å². The van der Waals surface area contributed by atoms with Crippen LogP contribution in [-0.2, 0) is 11.2 Å². The highest BCUT2D eigenvalue weighted by Gasteiger charge is 2.07. The second-order valence-corrected chi connectivity index (χ2v) is 5.12. The van der Waals surface area contributed by atoms with Crippen molar-refractivity contribution >= 4 is 29.1 Å². The molecule has 0 radical (unpaired) electrons. The molecule has 0 fully saturated rings. The number of carbonyl (C=O) groups excluding carboxylic acids is 1. The zero-order chi connectivity index (χ0) is 15.9. The normalized spacial score (nSPS) is 11.5. The highest BCUT2D eigenvalue weighted by atomic mass is 16.2. The molecule has 1 aromatic heterocycles. The number of allylic oxidation sites excluding steroid dienone is 1. The minimum absolute atomic E-state index is 0.140. The molecule has 0 spiro atoms. The van der Waals surface area contributed by atoms with Gasteiger partial charge < -0.3 is 4.98 Å². The third-order valence-corrected chi connectivity index (χ3v) is 3.46. The van der Waals surface area contributed by atoms with Crippen LogP contribution in [0, 0.1) is 0 Å². The summed E-state index contributed by atoms with van der Waals surface area (Å²) in [7, 11) is 0. The Kier molecular flexibility index (Phi) is 4.64. The molecule has 4 heteroatoms. The van der Waals surface area contributed by atoms with Gasteiger partial charge in [-0.05, 0) is 23.3 Å². The fourth-order valence-electron chi connectivity index (χ4n) is 2.36. The second-order valence-electron chi connectivity index (χ2n) is 5.12. The number of para-hydroxylation sites is 1. The predicted molar refractivity (Wildman–Crippen MR) is 94.1 cm³/mol. The average molecular weight is 303 g/mol. The van der Waals surface area contributed by atoms with Crippen molar-refractivity contribution in [1.29, 1.82) is 0 Å². The van der Waals surface area contributed by atoms with Crippen LogP contribution >= 0.6 is 0 Å². The molecule has 0 bridgehead atoms. The number of hydrogen-bond acceptors (Lipinski definition) is 2. The van der Waals surface area contributed by atoms with E-state index in [9.17, 15) is 4.79 Å². The molecule has 0 unspecified atom stereocenters. The Morgan fingerprint density at radius 2 is 1.87 bits per heavy atom. The SMILES string of the molecule is O=C(Cc1c[nH]c2ccccc12)NN=CC=Cc1ccccc1. The van der Waals surface area contributed by atoms with E-state index in [1.165, 1.54) is 0 Å². The van der Waals surface area contributed by atoms with Crippen molar-refractivity contribution in [3.05, 3.63) is 78.0 Å². The van der Waals surface area contributed by atoms with Crippen LogP contribution in [0.3, 0.4) is 0 Å². The summed E-state index contributed by atoms with van der Waals surface area (Å²) in [4.78, 5) is 15.1. The standard InChI is InChI=1S/C19H17N3O/c23-19(13-16-14-20-18-11-5-4-10-17(16)18)22-21-12-6-9-15-7-2-1-3-8-15/h1-12,14,20H,13H2,(H,22,23). The van der Waals surface area contributed by atoms with E-state index in [1.54, 1.807) is 12.3 Å². The summed E-state index contributed by atoms with van der Waals surface area (Å²) in [6.45, 7) is 0. The molecule has 0 saturated carbocycles. The van der Waals surface area contributed by atoms with E-state index in [0.717, 1.165) is 22.0 Å². The number of nitrogens with zero attached hydrogens (tertiary/aromatic N) is 1. The number of benzene rings is 2. The van der Waals surface area contributed by atoms with Crippen LogP contribution in [-0.4, -0.2) is 17.1 Å². The maximum atomic E-state index is 11.9. The van der Waals surface area contributed by atoms with Crippen molar-refractivity contribution in [2.24, 2.45) is 5.10 Å². The summed E-state index contributed by atoms with van der Waals surface area (Å²) in [6, 6.07) is 17.8. The molecule has 3 rings (SSSR count). The van der Waals surface area contributed by atoms with Crippen molar-refractivity contribution in [3.63, 3.8) is 0 Å². The molecule has 1 amide bonds. The molecule has 2 aromatic carbocycles. The first-order valence-corrected chi connectivity index (χ1v) is 7.41. The lowest BCUT2D eigenvalue weighted by Gasteiger charge is -1.98. The van der Waals surface area contributed by atoms with Gasteiger partial charge in [-0.25, -0.2) is 5.43 Å². The van der Waals surface area contributed by atoms with Crippen molar-refractivity contribution in [1.82, 2.24) is 10.4 Å². The molecule has 0 aliphatic carbocycles. The Morgan fingerprint density at radius 1 is 1.09 bits per heavy atom. The number of fused-ring (bicyclic) bond motifs is 1. The van der Waals surface area contributed by atoms with Gasteiger partial charge in [0.2, 0.25) is 5.91 Å². The monoisotopic (exact) mass is 303 g/mol.